The van der Waals surface area contributed by atoms with Crippen molar-refractivity contribution in [3.05, 3.63) is 29.8 Å². The molecular formula is C12H17N5. The number of aromatic nitrogens is 3. The van der Waals surface area contributed by atoms with Crippen LogP contribution in [0.2, 0.25) is 0 Å². The van der Waals surface area contributed by atoms with Crippen molar-refractivity contribution in [2.24, 2.45) is 0 Å². The Hall–Kier alpha value is -2.04. The second kappa shape index (κ2) is 4.45. The lowest BCUT2D eigenvalue weighted by Gasteiger charge is -2.01. The van der Waals surface area contributed by atoms with Gasteiger partial charge in [-0.05, 0) is 25.5 Å². The molecule has 0 aliphatic rings. The van der Waals surface area contributed by atoms with Crippen LogP contribution in [0.3, 0.4) is 0 Å². The summed E-state index contributed by atoms with van der Waals surface area (Å²) >= 11 is 0. The van der Waals surface area contributed by atoms with E-state index < -0.39 is 0 Å². The van der Waals surface area contributed by atoms with Gasteiger partial charge in [0, 0.05) is 23.9 Å². The molecule has 0 aliphatic carbocycles. The number of nitrogen functional groups attached to an aromatic ring is 2. The van der Waals surface area contributed by atoms with Gasteiger partial charge in [0.1, 0.15) is 11.5 Å². The topological polar surface area (TPSA) is 82.8 Å². The lowest BCUT2D eigenvalue weighted by molar-refractivity contribution is 0.794. The SMILES string of the molecule is CCCc1nc(-c2ccc(C)nc2)c(N)n1N. The predicted octanol–water partition coefficient (Wildman–Crippen LogP) is 1.50. The monoisotopic (exact) mass is 231 g/mol. The zero-order valence-electron chi connectivity index (χ0n) is 10.1. The van der Waals surface area contributed by atoms with Gasteiger partial charge in [0.25, 0.3) is 0 Å². The Bertz CT molecular complexity index is 512. The summed E-state index contributed by atoms with van der Waals surface area (Å²) < 4.78 is 1.46. The van der Waals surface area contributed by atoms with Crippen molar-refractivity contribution >= 4 is 5.82 Å². The van der Waals surface area contributed by atoms with Gasteiger partial charge < -0.3 is 11.6 Å². The highest BCUT2D eigenvalue weighted by molar-refractivity contribution is 5.70. The summed E-state index contributed by atoms with van der Waals surface area (Å²) in [6, 6.07) is 3.89. The Labute approximate surface area is 100 Å². The molecule has 0 unspecified atom stereocenters. The van der Waals surface area contributed by atoms with E-state index in [4.69, 9.17) is 11.6 Å². The molecule has 0 saturated heterocycles. The maximum absolute atomic E-state index is 5.95. The van der Waals surface area contributed by atoms with E-state index in [-0.39, 0.29) is 0 Å². The van der Waals surface area contributed by atoms with Crippen LogP contribution in [0, 0.1) is 6.92 Å². The van der Waals surface area contributed by atoms with Crippen molar-refractivity contribution in [2.45, 2.75) is 26.7 Å². The molecule has 90 valence electrons. The van der Waals surface area contributed by atoms with Crippen molar-refractivity contribution in [1.29, 1.82) is 0 Å². The first kappa shape index (κ1) is 11.4. The Morgan fingerprint density at radius 2 is 2.12 bits per heavy atom. The third kappa shape index (κ3) is 2.08. The number of anilines is 1. The predicted molar refractivity (Wildman–Crippen MR) is 68.8 cm³/mol. The molecule has 5 nitrogen and oxygen atoms in total. The van der Waals surface area contributed by atoms with Crippen molar-refractivity contribution in [3.63, 3.8) is 0 Å². The fourth-order valence-electron chi connectivity index (χ4n) is 1.71. The summed E-state index contributed by atoms with van der Waals surface area (Å²) in [7, 11) is 0. The highest BCUT2D eigenvalue weighted by Crippen LogP contribution is 2.24. The van der Waals surface area contributed by atoms with Crippen molar-refractivity contribution in [2.75, 3.05) is 11.6 Å². The van der Waals surface area contributed by atoms with Gasteiger partial charge in [-0.1, -0.05) is 6.92 Å². The fraction of sp³-hybridized carbons (Fsp3) is 0.333. The van der Waals surface area contributed by atoms with E-state index in [0.29, 0.717) is 11.5 Å². The molecule has 0 aromatic carbocycles. The standard InChI is InChI=1S/C12H17N5/c1-3-4-10-16-11(12(13)17(10)14)9-6-5-8(2)15-7-9/h5-7H,3-4,13-14H2,1-2H3. The van der Waals surface area contributed by atoms with E-state index in [0.717, 1.165) is 29.9 Å². The molecule has 2 aromatic heterocycles. The molecule has 0 spiro atoms. The van der Waals surface area contributed by atoms with Crippen LogP contribution in [0.4, 0.5) is 5.82 Å². The number of hydrogen-bond donors (Lipinski definition) is 2. The van der Waals surface area contributed by atoms with Crippen LogP contribution in [0.25, 0.3) is 11.3 Å². The van der Waals surface area contributed by atoms with Crippen molar-refractivity contribution < 1.29 is 0 Å². The third-order valence-electron chi connectivity index (χ3n) is 2.68. The van der Waals surface area contributed by atoms with Crippen LogP contribution < -0.4 is 11.6 Å². The molecular weight excluding hydrogens is 214 g/mol. The molecule has 0 atom stereocenters. The van der Waals surface area contributed by atoms with Gasteiger partial charge in [0.2, 0.25) is 0 Å². The second-order valence-corrected chi connectivity index (χ2v) is 4.07. The molecule has 2 rings (SSSR count). The molecule has 5 heteroatoms. The summed E-state index contributed by atoms with van der Waals surface area (Å²) in [4.78, 5) is 8.71. The minimum atomic E-state index is 0.485. The van der Waals surface area contributed by atoms with Crippen molar-refractivity contribution in [1.82, 2.24) is 14.6 Å². The molecule has 0 fully saturated rings. The van der Waals surface area contributed by atoms with Crippen LogP contribution in [0.1, 0.15) is 24.9 Å². The average Bonchev–Trinajstić information content (AvgIpc) is 2.59. The maximum atomic E-state index is 5.95. The molecule has 17 heavy (non-hydrogen) atoms. The van der Waals surface area contributed by atoms with E-state index in [2.05, 4.69) is 16.9 Å². The van der Waals surface area contributed by atoms with Crippen LogP contribution in [-0.2, 0) is 6.42 Å². The highest BCUT2D eigenvalue weighted by atomic mass is 15.4. The Balaban J connectivity index is 2.45. The molecule has 4 N–H and O–H groups in total. The number of nitrogens with zero attached hydrogens (tertiary/aromatic N) is 3. The summed E-state index contributed by atoms with van der Waals surface area (Å²) in [5, 5.41) is 0. The van der Waals surface area contributed by atoms with E-state index in [9.17, 15) is 0 Å². The van der Waals surface area contributed by atoms with Gasteiger partial charge in [-0.15, -0.1) is 0 Å². The Kier molecular flexibility index (Phi) is 2.99. The number of aryl methyl sites for hydroxylation is 2. The van der Waals surface area contributed by atoms with E-state index >= 15 is 0 Å². The van der Waals surface area contributed by atoms with E-state index in [1.807, 2.05) is 19.1 Å². The molecule has 0 amide bonds. The summed E-state index contributed by atoms with van der Waals surface area (Å²) in [6.45, 7) is 4.02. The minimum Gasteiger partial charge on any atom is -0.382 e. The number of pyridine rings is 1. The number of nitrogens with two attached hydrogens (primary N) is 2. The van der Waals surface area contributed by atoms with Gasteiger partial charge >= 0.3 is 0 Å². The van der Waals surface area contributed by atoms with Gasteiger partial charge in [0.05, 0.1) is 0 Å². The van der Waals surface area contributed by atoms with E-state index in [1.54, 1.807) is 6.20 Å². The first-order chi connectivity index (χ1) is 8.13. The molecule has 0 bridgehead atoms. The molecule has 2 aromatic rings. The molecule has 2 heterocycles. The maximum Gasteiger partial charge on any atom is 0.150 e. The average molecular weight is 231 g/mol. The van der Waals surface area contributed by atoms with Crippen LogP contribution in [0.5, 0.6) is 0 Å². The Morgan fingerprint density at radius 3 is 2.71 bits per heavy atom. The lowest BCUT2D eigenvalue weighted by Crippen LogP contribution is -2.15. The van der Waals surface area contributed by atoms with Crippen molar-refractivity contribution in [3.8, 4) is 11.3 Å². The zero-order chi connectivity index (χ0) is 12.4. The normalized spacial score (nSPS) is 10.7. The quantitative estimate of drug-likeness (QED) is 0.784. The van der Waals surface area contributed by atoms with Crippen LogP contribution in [0.15, 0.2) is 18.3 Å². The largest absolute Gasteiger partial charge is 0.382 e. The lowest BCUT2D eigenvalue weighted by atomic mass is 10.2. The first-order valence-corrected chi connectivity index (χ1v) is 5.68. The van der Waals surface area contributed by atoms with Crippen LogP contribution in [-0.4, -0.2) is 14.6 Å². The molecule has 0 saturated carbocycles. The number of rotatable bonds is 3. The first-order valence-electron chi connectivity index (χ1n) is 5.68. The van der Waals surface area contributed by atoms with Gasteiger partial charge in [0.15, 0.2) is 5.82 Å². The zero-order valence-corrected chi connectivity index (χ0v) is 10.1. The van der Waals surface area contributed by atoms with Gasteiger partial charge in [-0.3, -0.25) is 4.98 Å². The third-order valence-corrected chi connectivity index (χ3v) is 2.68. The minimum absolute atomic E-state index is 0.485. The Morgan fingerprint density at radius 1 is 1.35 bits per heavy atom. The molecule has 0 radical (unpaired) electrons. The summed E-state index contributed by atoms with van der Waals surface area (Å²) in [6.07, 6.45) is 3.57. The fourth-order valence-corrected chi connectivity index (χ4v) is 1.71. The highest BCUT2D eigenvalue weighted by Gasteiger charge is 2.13. The van der Waals surface area contributed by atoms with Gasteiger partial charge in [-0.2, -0.15) is 0 Å². The summed E-state index contributed by atoms with van der Waals surface area (Å²) in [5.74, 6) is 7.16. The number of imidazole rings is 1. The smallest absolute Gasteiger partial charge is 0.150 e. The summed E-state index contributed by atoms with van der Waals surface area (Å²) in [5.41, 5.74) is 8.53. The molecule has 0 aliphatic heterocycles. The second-order valence-electron chi connectivity index (χ2n) is 4.07. The van der Waals surface area contributed by atoms with E-state index in [1.165, 1.54) is 4.68 Å². The number of hydrogen-bond acceptors (Lipinski definition) is 4. The van der Waals surface area contributed by atoms with Gasteiger partial charge in [-0.25, -0.2) is 9.66 Å². The van der Waals surface area contributed by atoms with Crippen LogP contribution >= 0.6 is 0 Å².